The molecular weight excluding hydrogens is 208 g/mol. The van der Waals surface area contributed by atoms with Crippen molar-refractivity contribution in [1.29, 1.82) is 0 Å². The summed E-state index contributed by atoms with van der Waals surface area (Å²) in [6.07, 6.45) is 0.0498. The molecule has 2 heterocycles. The highest BCUT2D eigenvalue weighted by molar-refractivity contribution is 5.91. The predicted molar refractivity (Wildman–Crippen MR) is 58.4 cm³/mol. The summed E-state index contributed by atoms with van der Waals surface area (Å²) in [6.45, 7) is 4.66. The van der Waals surface area contributed by atoms with Gasteiger partial charge in [-0.15, -0.1) is 0 Å². The van der Waals surface area contributed by atoms with Gasteiger partial charge in [-0.1, -0.05) is 0 Å². The molecule has 1 amide bonds. The molecule has 1 unspecified atom stereocenters. The zero-order valence-electron chi connectivity index (χ0n) is 9.29. The number of hydrogen-bond acceptors (Lipinski definition) is 4. The molecule has 1 fully saturated rings. The fraction of sp³-hybridized carbons (Fsp3) is 0.545. The molecule has 0 radical (unpaired) electrons. The molecule has 5 heteroatoms. The Balaban J connectivity index is 1.79. The summed E-state index contributed by atoms with van der Waals surface area (Å²) < 4.78 is 10.7. The molecule has 1 aliphatic heterocycles. The molecule has 0 spiro atoms. The number of ether oxygens (including phenoxy) is 1. The van der Waals surface area contributed by atoms with Gasteiger partial charge in [-0.2, -0.15) is 0 Å². The maximum absolute atomic E-state index is 11.6. The molecule has 2 N–H and O–H groups in total. The normalized spacial score (nSPS) is 20.7. The summed E-state index contributed by atoms with van der Waals surface area (Å²) in [6, 6.07) is 3.44. The highest BCUT2D eigenvalue weighted by Crippen LogP contribution is 2.05. The van der Waals surface area contributed by atoms with Crippen LogP contribution in [0.2, 0.25) is 0 Å². The van der Waals surface area contributed by atoms with E-state index >= 15 is 0 Å². The molecule has 1 aliphatic rings. The van der Waals surface area contributed by atoms with Gasteiger partial charge in [0, 0.05) is 19.6 Å². The summed E-state index contributed by atoms with van der Waals surface area (Å²) in [5.41, 5.74) is 0. The Kier molecular flexibility index (Phi) is 3.58. The van der Waals surface area contributed by atoms with Crippen LogP contribution in [0.3, 0.4) is 0 Å². The van der Waals surface area contributed by atoms with Crippen molar-refractivity contribution in [3.05, 3.63) is 23.7 Å². The van der Waals surface area contributed by atoms with Crippen molar-refractivity contribution >= 4 is 5.91 Å². The van der Waals surface area contributed by atoms with Gasteiger partial charge in [-0.25, -0.2) is 0 Å². The Bertz CT molecular complexity index is 356. The Hall–Kier alpha value is -1.33. The maximum atomic E-state index is 11.6. The van der Waals surface area contributed by atoms with Crippen LogP contribution >= 0.6 is 0 Å². The maximum Gasteiger partial charge on any atom is 0.287 e. The largest absolute Gasteiger partial charge is 0.456 e. The second-order valence-corrected chi connectivity index (χ2v) is 3.82. The Morgan fingerprint density at radius 1 is 1.62 bits per heavy atom. The van der Waals surface area contributed by atoms with Gasteiger partial charge in [0.2, 0.25) is 0 Å². The van der Waals surface area contributed by atoms with Crippen molar-refractivity contribution in [1.82, 2.24) is 10.6 Å². The lowest BCUT2D eigenvalue weighted by Gasteiger charge is -2.23. The highest BCUT2D eigenvalue weighted by Gasteiger charge is 2.16. The number of nitrogens with one attached hydrogen (secondary N) is 2. The van der Waals surface area contributed by atoms with Crippen LogP contribution in [0.4, 0.5) is 0 Å². The summed E-state index contributed by atoms with van der Waals surface area (Å²) >= 11 is 0. The number of aryl methyl sites for hydroxylation is 1. The lowest BCUT2D eigenvalue weighted by atomic mass is 10.3. The first kappa shape index (κ1) is 11.2. The average molecular weight is 224 g/mol. The average Bonchev–Trinajstić information content (AvgIpc) is 2.74. The van der Waals surface area contributed by atoms with E-state index in [-0.39, 0.29) is 12.0 Å². The van der Waals surface area contributed by atoms with Crippen molar-refractivity contribution in [3.63, 3.8) is 0 Å². The summed E-state index contributed by atoms with van der Waals surface area (Å²) in [7, 11) is 0. The molecule has 0 aromatic carbocycles. The molecule has 1 saturated heterocycles. The smallest absolute Gasteiger partial charge is 0.287 e. The van der Waals surface area contributed by atoms with Gasteiger partial charge in [0.05, 0.1) is 12.7 Å². The quantitative estimate of drug-likeness (QED) is 0.775. The second-order valence-electron chi connectivity index (χ2n) is 3.82. The topological polar surface area (TPSA) is 63.5 Å². The molecule has 0 bridgehead atoms. The van der Waals surface area contributed by atoms with E-state index in [0.29, 0.717) is 18.9 Å². The Morgan fingerprint density at radius 3 is 3.12 bits per heavy atom. The minimum absolute atomic E-state index is 0.0498. The van der Waals surface area contributed by atoms with E-state index < -0.39 is 0 Å². The first-order chi connectivity index (χ1) is 7.75. The van der Waals surface area contributed by atoms with E-state index in [0.717, 1.165) is 18.8 Å². The van der Waals surface area contributed by atoms with E-state index in [4.69, 9.17) is 9.15 Å². The third kappa shape index (κ3) is 2.84. The van der Waals surface area contributed by atoms with Gasteiger partial charge in [0.25, 0.3) is 5.91 Å². The molecule has 16 heavy (non-hydrogen) atoms. The van der Waals surface area contributed by atoms with Crippen molar-refractivity contribution in [2.45, 2.75) is 13.0 Å². The zero-order valence-corrected chi connectivity index (χ0v) is 9.29. The van der Waals surface area contributed by atoms with Gasteiger partial charge >= 0.3 is 0 Å². The number of morpholine rings is 1. The molecule has 1 aromatic heterocycles. The van der Waals surface area contributed by atoms with E-state index in [2.05, 4.69) is 10.6 Å². The van der Waals surface area contributed by atoms with Crippen LogP contribution in [0, 0.1) is 6.92 Å². The predicted octanol–water partition coefficient (Wildman–Crippen LogP) is 0.306. The van der Waals surface area contributed by atoms with Gasteiger partial charge < -0.3 is 19.8 Å². The van der Waals surface area contributed by atoms with Crippen LogP contribution in [-0.4, -0.2) is 38.3 Å². The van der Waals surface area contributed by atoms with E-state index in [9.17, 15) is 4.79 Å². The van der Waals surface area contributed by atoms with Crippen LogP contribution < -0.4 is 10.6 Å². The zero-order chi connectivity index (χ0) is 11.4. The molecule has 2 rings (SSSR count). The minimum atomic E-state index is -0.192. The van der Waals surface area contributed by atoms with E-state index in [1.165, 1.54) is 0 Å². The molecule has 0 saturated carbocycles. The number of furan rings is 1. The van der Waals surface area contributed by atoms with Crippen LogP contribution in [0.1, 0.15) is 16.3 Å². The summed E-state index contributed by atoms with van der Waals surface area (Å²) in [5.74, 6) is 0.893. The van der Waals surface area contributed by atoms with Gasteiger partial charge in [0.15, 0.2) is 5.76 Å². The fourth-order valence-electron chi connectivity index (χ4n) is 1.60. The van der Waals surface area contributed by atoms with Crippen LogP contribution in [-0.2, 0) is 4.74 Å². The first-order valence-corrected chi connectivity index (χ1v) is 5.42. The van der Waals surface area contributed by atoms with Crippen LogP contribution in [0.5, 0.6) is 0 Å². The monoisotopic (exact) mass is 224 g/mol. The Labute approximate surface area is 94.1 Å². The number of hydrogen-bond donors (Lipinski definition) is 2. The lowest BCUT2D eigenvalue weighted by molar-refractivity contribution is 0.0284. The molecule has 1 aromatic rings. The SMILES string of the molecule is Cc1ccc(C(=O)NCC2CNCCO2)o1. The van der Waals surface area contributed by atoms with Gasteiger partial charge in [-0.3, -0.25) is 4.79 Å². The summed E-state index contributed by atoms with van der Waals surface area (Å²) in [5, 5.41) is 5.99. The molecule has 5 nitrogen and oxygen atoms in total. The van der Waals surface area contributed by atoms with Crippen LogP contribution in [0.25, 0.3) is 0 Å². The van der Waals surface area contributed by atoms with Crippen molar-refractivity contribution in [2.75, 3.05) is 26.2 Å². The fourth-order valence-corrected chi connectivity index (χ4v) is 1.60. The van der Waals surface area contributed by atoms with Gasteiger partial charge in [0.1, 0.15) is 5.76 Å². The van der Waals surface area contributed by atoms with E-state index in [1.807, 2.05) is 6.92 Å². The molecule has 1 atom stereocenters. The number of rotatable bonds is 3. The first-order valence-electron chi connectivity index (χ1n) is 5.42. The minimum Gasteiger partial charge on any atom is -0.456 e. The summed E-state index contributed by atoms with van der Waals surface area (Å²) in [4.78, 5) is 11.6. The molecular formula is C11H16N2O3. The van der Waals surface area contributed by atoms with Gasteiger partial charge in [-0.05, 0) is 19.1 Å². The van der Waals surface area contributed by atoms with Crippen LogP contribution in [0.15, 0.2) is 16.5 Å². The molecule has 0 aliphatic carbocycles. The van der Waals surface area contributed by atoms with Crippen molar-refractivity contribution in [3.8, 4) is 0 Å². The van der Waals surface area contributed by atoms with E-state index in [1.54, 1.807) is 12.1 Å². The highest BCUT2D eigenvalue weighted by atomic mass is 16.5. The number of amides is 1. The lowest BCUT2D eigenvalue weighted by Crippen LogP contribution is -2.45. The standard InChI is InChI=1S/C11H16N2O3/c1-8-2-3-10(16-8)11(14)13-7-9-6-12-4-5-15-9/h2-3,9,12H,4-7H2,1H3,(H,13,14). The third-order valence-electron chi connectivity index (χ3n) is 2.46. The molecule has 88 valence electrons. The second kappa shape index (κ2) is 5.14. The number of carbonyl (C=O) groups excluding carboxylic acids is 1. The Morgan fingerprint density at radius 2 is 2.50 bits per heavy atom. The van der Waals surface area contributed by atoms with Crippen molar-refractivity contribution < 1.29 is 13.9 Å². The third-order valence-corrected chi connectivity index (χ3v) is 2.46. The van der Waals surface area contributed by atoms with Crippen molar-refractivity contribution in [2.24, 2.45) is 0 Å². The number of carbonyl (C=O) groups is 1.